The highest BCUT2D eigenvalue weighted by atomic mass is 32.1. The number of amides is 1. The molecule has 0 spiro atoms. The highest BCUT2D eigenvalue weighted by Gasteiger charge is 2.23. The lowest BCUT2D eigenvalue weighted by Gasteiger charge is -2.27. The van der Waals surface area contributed by atoms with Crippen LogP contribution in [0.3, 0.4) is 0 Å². The summed E-state index contributed by atoms with van der Waals surface area (Å²) in [6.07, 6.45) is 4.18. The molecule has 1 unspecified atom stereocenters. The molecule has 1 aliphatic heterocycles. The van der Waals surface area contributed by atoms with Crippen molar-refractivity contribution < 1.29 is 9.53 Å². The third-order valence-electron chi connectivity index (χ3n) is 5.47. The Hall–Kier alpha value is -1.72. The summed E-state index contributed by atoms with van der Waals surface area (Å²) < 4.78 is 6.27. The highest BCUT2D eigenvalue weighted by molar-refractivity contribution is 7.18. The van der Waals surface area contributed by atoms with Gasteiger partial charge >= 0.3 is 0 Å². The number of hydrogen-bond donors (Lipinski definition) is 0. The van der Waals surface area contributed by atoms with Crippen molar-refractivity contribution in [2.24, 2.45) is 5.92 Å². The van der Waals surface area contributed by atoms with Gasteiger partial charge in [-0.2, -0.15) is 0 Å². The minimum Gasteiger partial charge on any atom is -0.378 e. The zero-order valence-electron chi connectivity index (χ0n) is 14.5. The smallest absolute Gasteiger partial charge is 0.254 e. The number of ether oxygens (including phenoxy) is 1. The van der Waals surface area contributed by atoms with Crippen molar-refractivity contribution in [1.29, 1.82) is 0 Å². The molecule has 1 aromatic carbocycles. The van der Waals surface area contributed by atoms with Gasteiger partial charge in [0.25, 0.3) is 5.91 Å². The molecule has 4 rings (SSSR count). The second-order valence-corrected chi connectivity index (χ2v) is 8.10. The molecule has 2 aliphatic rings. The minimum atomic E-state index is 0.0361. The first kappa shape index (κ1) is 16.7. The normalized spacial score (nSPS) is 20.5. The van der Waals surface area contributed by atoms with E-state index in [-0.39, 0.29) is 11.3 Å². The van der Waals surface area contributed by atoms with E-state index in [0.29, 0.717) is 37.8 Å². The minimum absolute atomic E-state index is 0.0361. The van der Waals surface area contributed by atoms with E-state index in [0.717, 1.165) is 41.3 Å². The van der Waals surface area contributed by atoms with Crippen molar-refractivity contribution in [3.8, 4) is 0 Å². The summed E-state index contributed by atoms with van der Waals surface area (Å²) in [5, 5.41) is 0.761. The van der Waals surface area contributed by atoms with Crippen molar-refractivity contribution in [2.45, 2.75) is 32.6 Å². The van der Waals surface area contributed by atoms with Crippen molar-refractivity contribution >= 4 is 27.3 Å². The van der Waals surface area contributed by atoms with Crippen LogP contribution in [0.4, 0.5) is 0 Å². The number of carbonyl (C=O) groups excluding carboxylic acids is 1. The summed E-state index contributed by atoms with van der Waals surface area (Å²) in [7, 11) is 0. The Morgan fingerprint density at radius 2 is 2.12 bits per heavy atom. The van der Waals surface area contributed by atoms with Crippen LogP contribution in [0.25, 0.3) is 10.1 Å². The van der Waals surface area contributed by atoms with Crippen LogP contribution in [0.15, 0.2) is 23.0 Å². The molecule has 1 saturated heterocycles. The van der Waals surface area contributed by atoms with Crippen LogP contribution >= 0.6 is 11.3 Å². The molecule has 1 aromatic heterocycles. The number of morpholine rings is 1. The summed E-state index contributed by atoms with van der Waals surface area (Å²) in [5.41, 5.74) is 1.85. The maximum absolute atomic E-state index is 12.8. The predicted octanol–water partition coefficient (Wildman–Crippen LogP) is 3.25. The third-order valence-corrected chi connectivity index (χ3v) is 6.69. The lowest BCUT2D eigenvalue weighted by Crippen LogP contribution is -2.40. The molecule has 4 nitrogen and oxygen atoms in total. The lowest BCUT2D eigenvalue weighted by atomic mass is 9.86. The van der Waals surface area contributed by atoms with Crippen LogP contribution in [0.1, 0.15) is 40.6 Å². The van der Waals surface area contributed by atoms with Crippen LogP contribution in [0.5, 0.6) is 0 Å². The van der Waals surface area contributed by atoms with Gasteiger partial charge in [0.15, 0.2) is 5.43 Å². The molecule has 0 bridgehead atoms. The number of fused-ring (bicyclic) bond motifs is 2. The SMILES string of the molecule is CCC1CCc2c(sc3cc(C(=O)N4CCOCC4)ccc3c2=O)C1. The summed E-state index contributed by atoms with van der Waals surface area (Å²) in [6.45, 7) is 4.68. The molecule has 1 fully saturated rings. The predicted molar refractivity (Wildman–Crippen MR) is 101 cm³/mol. The summed E-state index contributed by atoms with van der Waals surface area (Å²) >= 11 is 1.71. The van der Waals surface area contributed by atoms with Gasteiger partial charge in [-0.15, -0.1) is 11.3 Å². The highest BCUT2D eigenvalue weighted by Crippen LogP contribution is 2.32. The second-order valence-electron chi connectivity index (χ2n) is 6.97. The number of rotatable bonds is 2. The van der Waals surface area contributed by atoms with Gasteiger partial charge in [-0.05, 0) is 43.4 Å². The van der Waals surface area contributed by atoms with E-state index in [1.165, 1.54) is 4.88 Å². The largest absolute Gasteiger partial charge is 0.378 e. The Labute approximate surface area is 151 Å². The number of hydrogen-bond acceptors (Lipinski definition) is 4. The van der Waals surface area contributed by atoms with Crippen LogP contribution in [0, 0.1) is 5.92 Å². The molecular weight excluding hydrogens is 334 g/mol. The summed E-state index contributed by atoms with van der Waals surface area (Å²) in [6, 6.07) is 5.56. The first-order valence-corrected chi connectivity index (χ1v) is 9.94. The van der Waals surface area contributed by atoms with E-state index in [4.69, 9.17) is 4.74 Å². The van der Waals surface area contributed by atoms with E-state index in [2.05, 4.69) is 6.92 Å². The Morgan fingerprint density at radius 3 is 2.88 bits per heavy atom. The third kappa shape index (κ3) is 3.11. The maximum atomic E-state index is 12.8. The zero-order chi connectivity index (χ0) is 17.4. The number of nitrogens with zero attached hydrogens (tertiary/aromatic N) is 1. The zero-order valence-corrected chi connectivity index (χ0v) is 15.4. The van der Waals surface area contributed by atoms with E-state index in [1.807, 2.05) is 17.0 Å². The number of benzene rings is 1. The topological polar surface area (TPSA) is 46.6 Å². The molecule has 2 aromatic rings. The second kappa shape index (κ2) is 6.89. The first-order chi connectivity index (χ1) is 12.2. The Kier molecular flexibility index (Phi) is 4.61. The molecule has 0 N–H and O–H groups in total. The van der Waals surface area contributed by atoms with Gasteiger partial charge in [0.1, 0.15) is 0 Å². The fourth-order valence-corrected chi connectivity index (χ4v) is 5.20. The van der Waals surface area contributed by atoms with Gasteiger partial charge in [-0.25, -0.2) is 0 Å². The molecule has 1 amide bonds. The Morgan fingerprint density at radius 1 is 1.32 bits per heavy atom. The van der Waals surface area contributed by atoms with Crippen LogP contribution in [-0.4, -0.2) is 37.1 Å². The summed E-state index contributed by atoms with van der Waals surface area (Å²) in [5.74, 6) is 0.716. The maximum Gasteiger partial charge on any atom is 0.254 e. The van der Waals surface area contributed by atoms with Gasteiger partial charge in [-0.3, -0.25) is 9.59 Å². The molecule has 25 heavy (non-hydrogen) atoms. The van der Waals surface area contributed by atoms with Crippen LogP contribution in [-0.2, 0) is 17.6 Å². The van der Waals surface area contributed by atoms with Crippen molar-refractivity contribution in [2.75, 3.05) is 26.3 Å². The fraction of sp³-hybridized carbons (Fsp3) is 0.500. The Balaban J connectivity index is 1.73. The monoisotopic (exact) mass is 357 g/mol. The molecule has 0 saturated carbocycles. The molecule has 2 heterocycles. The molecule has 5 heteroatoms. The van der Waals surface area contributed by atoms with Gasteiger partial charge in [0.05, 0.1) is 13.2 Å². The van der Waals surface area contributed by atoms with E-state index >= 15 is 0 Å². The number of carbonyl (C=O) groups is 1. The van der Waals surface area contributed by atoms with Gasteiger partial charge in [0.2, 0.25) is 0 Å². The van der Waals surface area contributed by atoms with Gasteiger partial charge in [-0.1, -0.05) is 13.3 Å². The first-order valence-electron chi connectivity index (χ1n) is 9.13. The molecule has 0 radical (unpaired) electrons. The molecule has 132 valence electrons. The van der Waals surface area contributed by atoms with Crippen LogP contribution in [0.2, 0.25) is 0 Å². The average molecular weight is 357 g/mol. The van der Waals surface area contributed by atoms with Crippen molar-refractivity contribution in [1.82, 2.24) is 4.90 Å². The molecule has 1 aliphatic carbocycles. The molecular formula is C20H23NO3S. The van der Waals surface area contributed by atoms with E-state index in [1.54, 1.807) is 17.4 Å². The summed E-state index contributed by atoms with van der Waals surface area (Å²) in [4.78, 5) is 28.6. The quantitative estimate of drug-likeness (QED) is 0.829. The van der Waals surface area contributed by atoms with Crippen molar-refractivity contribution in [3.05, 3.63) is 44.4 Å². The van der Waals surface area contributed by atoms with Gasteiger partial charge in [0, 0.05) is 39.2 Å². The fourth-order valence-electron chi connectivity index (χ4n) is 3.84. The van der Waals surface area contributed by atoms with Crippen LogP contribution < -0.4 is 5.43 Å². The van der Waals surface area contributed by atoms with Gasteiger partial charge < -0.3 is 9.64 Å². The van der Waals surface area contributed by atoms with Crippen molar-refractivity contribution in [3.63, 3.8) is 0 Å². The lowest BCUT2D eigenvalue weighted by molar-refractivity contribution is 0.0303. The average Bonchev–Trinajstić information content (AvgIpc) is 2.67. The van der Waals surface area contributed by atoms with E-state index < -0.39 is 0 Å². The molecule has 1 atom stereocenters. The Bertz CT molecular complexity index is 867. The van der Waals surface area contributed by atoms with E-state index in [9.17, 15) is 9.59 Å². The standard InChI is InChI=1S/C20H23NO3S/c1-2-13-3-5-15-17(11-13)25-18-12-14(4-6-16(18)19(15)22)20(23)21-7-9-24-10-8-21/h4,6,12-13H,2-3,5,7-11H2,1H3.